The summed E-state index contributed by atoms with van der Waals surface area (Å²) in [6, 6.07) is 5.50. The first-order valence-electron chi connectivity index (χ1n) is 9.55. The maximum atomic E-state index is 12.3. The van der Waals surface area contributed by atoms with Gasteiger partial charge in [0.25, 0.3) is 0 Å². The predicted octanol–water partition coefficient (Wildman–Crippen LogP) is 3.71. The number of carbonyl (C=O) groups excluding carboxylic acids is 2. The number of nitrogens with one attached hydrogen (secondary N) is 1. The van der Waals surface area contributed by atoms with E-state index in [0.717, 1.165) is 24.1 Å². The second-order valence-electron chi connectivity index (χ2n) is 8.74. The highest BCUT2D eigenvalue weighted by Crippen LogP contribution is 2.66. The Morgan fingerprint density at radius 3 is 2.77 bits per heavy atom. The van der Waals surface area contributed by atoms with E-state index in [1.165, 1.54) is 6.42 Å². The van der Waals surface area contributed by atoms with Gasteiger partial charge in [0.1, 0.15) is 11.9 Å². The molecule has 2 fully saturated rings. The van der Waals surface area contributed by atoms with E-state index in [0.29, 0.717) is 24.5 Å². The molecule has 140 valence electrons. The number of hydrogen-bond donors (Lipinski definition) is 1. The molecule has 26 heavy (non-hydrogen) atoms. The van der Waals surface area contributed by atoms with E-state index in [9.17, 15) is 9.59 Å². The molecular weight excluding hydrogens is 330 g/mol. The van der Waals surface area contributed by atoms with Gasteiger partial charge in [0.2, 0.25) is 5.91 Å². The van der Waals surface area contributed by atoms with Gasteiger partial charge in [0.05, 0.1) is 0 Å². The van der Waals surface area contributed by atoms with E-state index in [4.69, 9.17) is 9.47 Å². The Hall–Kier alpha value is -2.04. The molecule has 1 amide bonds. The lowest BCUT2D eigenvalue weighted by Gasteiger charge is -2.38. The largest absolute Gasteiger partial charge is 0.482 e. The maximum absolute atomic E-state index is 12.3. The van der Waals surface area contributed by atoms with Crippen molar-refractivity contribution >= 4 is 17.6 Å². The lowest BCUT2D eigenvalue weighted by molar-refractivity contribution is -0.159. The van der Waals surface area contributed by atoms with E-state index in [1.54, 1.807) is 6.07 Å². The molecule has 1 aromatic carbocycles. The molecule has 3 aliphatic rings. The van der Waals surface area contributed by atoms with Crippen LogP contribution in [0.5, 0.6) is 5.75 Å². The minimum absolute atomic E-state index is 0.00825. The average Bonchev–Trinajstić information content (AvgIpc) is 2.93. The summed E-state index contributed by atoms with van der Waals surface area (Å²) in [5, 5.41) is 2.84. The summed E-state index contributed by atoms with van der Waals surface area (Å²) < 4.78 is 11.5. The molecule has 4 rings (SSSR count). The fraction of sp³-hybridized carbons (Fsp3) is 0.619. The van der Waals surface area contributed by atoms with Crippen LogP contribution in [0.2, 0.25) is 0 Å². The first-order chi connectivity index (χ1) is 12.3. The van der Waals surface area contributed by atoms with Crippen molar-refractivity contribution in [2.45, 2.75) is 59.0 Å². The molecule has 2 aliphatic carbocycles. The molecule has 3 atom stereocenters. The lowest BCUT2D eigenvalue weighted by Crippen LogP contribution is -2.39. The monoisotopic (exact) mass is 357 g/mol. The Kier molecular flexibility index (Phi) is 4.01. The third kappa shape index (κ3) is 2.68. The second-order valence-corrected chi connectivity index (χ2v) is 8.74. The summed E-state index contributed by atoms with van der Waals surface area (Å²) in [5.74, 6) is 1.01. The quantitative estimate of drug-likeness (QED) is 0.835. The van der Waals surface area contributed by atoms with E-state index in [2.05, 4.69) is 26.1 Å². The molecule has 5 heteroatoms. The van der Waals surface area contributed by atoms with Gasteiger partial charge in [0, 0.05) is 17.5 Å². The zero-order valence-electron chi connectivity index (χ0n) is 15.8. The highest BCUT2D eigenvalue weighted by Gasteiger charge is 2.62. The van der Waals surface area contributed by atoms with Crippen molar-refractivity contribution in [2.75, 3.05) is 11.9 Å². The van der Waals surface area contributed by atoms with Gasteiger partial charge >= 0.3 is 5.97 Å². The van der Waals surface area contributed by atoms with Crippen LogP contribution in [-0.2, 0) is 20.7 Å². The molecule has 1 aliphatic heterocycles. The summed E-state index contributed by atoms with van der Waals surface area (Å²) in [5.41, 5.74) is 2.16. The van der Waals surface area contributed by atoms with Crippen molar-refractivity contribution in [1.29, 1.82) is 0 Å². The summed E-state index contributed by atoms with van der Waals surface area (Å²) in [6.45, 7) is 6.79. The first kappa shape index (κ1) is 17.4. The van der Waals surface area contributed by atoms with Crippen molar-refractivity contribution in [3.63, 3.8) is 0 Å². The van der Waals surface area contributed by atoms with Crippen molar-refractivity contribution in [2.24, 2.45) is 16.7 Å². The highest BCUT2D eigenvalue weighted by atomic mass is 16.6. The average molecular weight is 357 g/mol. The molecule has 0 unspecified atom stereocenters. The van der Waals surface area contributed by atoms with E-state index >= 15 is 0 Å². The van der Waals surface area contributed by atoms with Gasteiger partial charge in [0.15, 0.2) is 6.61 Å². The van der Waals surface area contributed by atoms with Crippen molar-refractivity contribution < 1.29 is 19.1 Å². The van der Waals surface area contributed by atoms with E-state index < -0.39 is 0 Å². The zero-order valence-corrected chi connectivity index (χ0v) is 15.8. The smallest absolute Gasteiger partial charge is 0.344 e. The molecule has 5 nitrogen and oxygen atoms in total. The van der Waals surface area contributed by atoms with E-state index in [-0.39, 0.29) is 35.4 Å². The van der Waals surface area contributed by atoms with Crippen molar-refractivity contribution in [3.8, 4) is 5.75 Å². The highest BCUT2D eigenvalue weighted by molar-refractivity contribution is 5.94. The number of ether oxygens (including phenoxy) is 2. The van der Waals surface area contributed by atoms with Crippen LogP contribution in [0, 0.1) is 16.7 Å². The lowest BCUT2D eigenvalue weighted by atomic mass is 9.70. The van der Waals surface area contributed by atoms with Crippen molar-refractivity contribution in [3.05, 3.63) is 23.8 Å². The second kappa shape index (κ2) is 6.00. The predicted molar refractivity (Wildman–Crippen MR) is 98.0 cm³/mol. The van der Waals surface area contributed by atoms with Gasteiger partial charge in [-0.05, 0) is 60.8 Å². The summed E-state index contributed by atoms with van der Waals surface area (Å²) in [7, 11) is 0. The van der Waals surface area contributed by atoms with Crippen LogP contribution in [0.15, 0.2) is 18.2 Å². The van der Waals surface area contributed by atoms with Gasteiger partial charge in [-0.15, -0.1) is 0 Å². The Morgan fingerprint density at radius 1 is 1.27 bits per heavy atom. The number of fused-ring (bicyclic) bond motifs is 3. The SMILES string of the molecule is CC1(C)[C@H]2CC[C@@]1(C)[C@@H](OC(=O)COc1ccc3c(c1)CCC(=O)N3)C2. The van der Waals surface area contributed by atoms with Crippen LogP contribution >= 0.6 is 0 Å². The Labute approximate surface area is 154 Å². The van der Waals surface area contributed by atoms with E-state index in [1.807, 2.05) is 12.1 Å². The van der Waals surface area contributed by atoms with Crippen LogP contribution in [0.3, 0.4) is 0 Å². The van der Waals surface area contributed by atoms with Crippen LogP contribution in [0.4, 0.5) is 5.69 Å². The maximum Gasteiger partial charge on any atom is 0.344 e. The molecule has 0 spiro atoms. The summed E-state index contributed by atoms with van der Waals surface area (Å²) >= 11 is 0. The van der Waals surface area contributed by atoms with Gasteiger partial charge in [-0.2, -0.15) is 0 Å². The Morgan fingerprint density at radius 2 is 2.08 bits per heavy atom. The fourth-order valence-electron chi connectivity index (χ4n) is 5.09. The van der Waals surface area contributed by atoms with Gasteiger partial charge in [-0.25, -0.2) is 4.79 Å². The Bertz CT molecular complexity index is 756. The third-order valence-electron chi connectivity index (χ3n) is 7.32. The number of carbonyl (C=O) groups is 2. The topological polar surface area (TPSA) is 64.6 Å². The number of esters is 1. The summed E-state index contributed by atoms with van der Waals surface area (Å²) in [4.78, 5) is 23.7. The van der Waals surface area contributed by atoms with Gasteiger partial charge in [-0.1, -0.05) is 20.8 Å². The number of amides is 1. The van der Waals surface area contributed by atoms with Crippen molar-refractivity contribution in [1.82, 2.24) is 0 Å². The summed E-state index contributed by atoms with van der Waals surface area (Å²) in [6.07, 6.45) is 4.49. The molecular formula is C21H27NO4. The van der Waals surface area contributed by atoms with Crippen LogP contribution in [0.1, 0.15) is 52.0 Å². The third-order valence-corrected chi connectivity index (χ3v) is 7.32. The minimum Gasteiger partial charge on any atom is -0.482 e. The number of rotatable bonds is 4. The molecule has 0 saturated heterocycles. The normalized spacial score (nSPS) is 31.3. The van der Waals surface area contributed by atoms with Crippen LogP contribution < -0.4 is 10.1 Å². The molecule has 2 bridgehead atoms. The van der Waals surface area contributed by atoms with Gasteiger partial charge < -0.3 is 14.8 Å². The molecule has 0 aromatic heterocycles. The molecule has 2 saturated carbocycles. The van der Waals surface area contributed by atoms with Crippen LogP contribution in [0.25, 0.3) is 0 Å². The number of hydrogen-bond acceptors (Lipinski definition) is 4. The first-order valence-corrected chi connectivity index (χ1v) is 9.55. The van der Waals surface area contributed by atoms with Crippen LogP contribution in [-0.4, -0.2) is 24.6 Å². The van der Waals surface area contributed by atoms with Gasteiger partial charge in [-0.3, -0.25) is 4.79 Å². The number of anilines is 1. The molecule has 0 radical (unpaired) electrons. The molecule has 1 aromatic rings. The zero-order chi connectivity index (χ0) is 18.5. The molecule has 1 N–H and O–H groups in total. The minimum atomic E-state index is -0.300. The fourth-order valence-corrected chi connectivity index (χ4v) is 5.09. The molecule has 1 heterocycles. The Balaban J connectivity index is 1.35. The number of benzene rings is 1. The number of aryl methyl sites for hydroxylation is 1. The standard InChI is InChI=1S/C21H27NO4/c1-20(2)14-8-9-21(20,3)17(11-14)26-19(24)12-25-15-5-6-16-13(10-15)4-7-18(23)22-16/h5-6,10,14,17H,4,7-9,11-12H2,1-3H3,(H,22,23)/t14-,17-,21-/m0/s1.